The number of ether oxygens (including phenoxy) is 1. The summed E-state index contributed by atoms with van der Waals surface area (Å²) in [5.74, 6) is 0. The minimum absolute atomic E-state index is 0.105. The van der Waals surface area contributed by atoms with E-state index in [4.69, 9.17) is 10.5 Å². The monoisotopic (exact) mass is 281 g/mol. The second kappa shape index (κ2) is 5.64. The van der Waals surface area contributed by atoms with Gasteiger partial charge in [0, 0.05) is 51.4 Å². The predicted molar refractivity (Wildman–Crippen MR) is 75.8 cm³/mol. The number of anilines is 2. The number of nitrogen functional groups attached to an aromatic ring is 1. The molecule has 0 unspecified atom stereocenters. The first-order valence-corrected chi connectivity index (χ1v) is 6.46. The molecule has 7 heteroatoms. The highest BCUT2D eigenvalue weighted by molar-refractivity contribution is 5.66. The molecule has 0 bridgehead atoms. The minimum Gasteiger partial charge on any atom is -0.393 e. The summed E-state index contributed by atoms with van der Waals surface area (Å²) < 4.78 is 5.24. The molecule has 110 valence electrons. The average molecular weight is 281 g/mol. The largest absolute Gasteiger partial charge is 0.393 e. The summed E-state index contributed by atoms with van der Waals surface area (Å²) in [4.78, 5) is 12.1. The minimum atomic E-state index is -0.788. The van der Waals surface area contributed by atoms with Crippen molar-refractivity contribution in [2.45, 2.75) is 18.4 Å². The zero-order valence-corrected chi connectivity index (χ0v) is 11.4. The van der Waals surface area contributed by atoms with Crippen molar-refractivity contribution < 1.29 is 14.8 Å². The van der Waals surface area contributed by atoms with Crippen LogP contribution in [0.1, 0.15) is 12.8 Å². The van der Waals surface area contributed by atoms with Crippen molar-refractivity contribution in [3.63, 3.8) is 0 Å². The van der Waals surface area contributed by atoms with Crippen molar-refractivity contribution in [3.8, 4) is 0 Å². The van der Waals surface area contributed by atoms with E-state index < -0.39 is 10.5 Å². The molecular formula is C13H19N3O4. The molecule has 0 aromatic heterocycles. The molecule has 1 aromatic rings. The Morgan fingerprint density at radius 1 is 1.50 bits per heavy atom. The van der Waals surface area contributed by atoms with Gasteiger partial charge in [0.25, 0.3) is 5.69 Å². The Bertz CT molecular complexity index is 500. The standard InChI is InChI=1S/C13H19N3O4/c1-15(9-13(17)4-6-20-7-5-13)10-2-3-12(16(18)19)11(14)8-10/h2-3,8,17H,4-7,9,14H2,1H3. The van der Waals surface area contributed by atoms with Crippen LogP contribution in [0.4, 0.5) is 17.1 Å². The number of likely N-dealkylation sites (N-methyl/N-ethyl adjacent to an activating group) is 1. The molecule has 2 rings (SSSR count). The molecule has 1 aromatic carbocycles. The van der Waals surface area contributed by atoms with Crippen LogP contribution in [0.25, 0.3) is 0 Å². The van der Waals surface area contributed by atoms with Gasteiger partial charge >= 0.3 is 0 Å². The number of rotatable bonds is 4. The quantitative estimate of drug-likeness (QED) is 0.487. The third kappa shape index (κ3) is 3.17. The lowest BCUT2D eigenvalue weighted by atomic mass is 9.94. The number of benzene rings is 1. The Morgan fingerprint density at radius 2 is 2.15 bits per heavy atom. The molecule has 7 nitrogen and oxygen atoms in total. The number of nitrogens with zero attached hydrogens (tertiary/aromatic N) is 2. The van der Waals surface area contributed by atoms with E-state index in [9.17, 15) is 15.2 Å². The third-order valence-electron chi connectivity index (χ3n) is 3.60. The summed E-state index contributed by atoms with van der Waals surface area (Å²) in [6, 6.07) is 4.58. The van der Waals surface area contributed by atoms with Crippen molar-refractivity contribution >= 4 is 17.1 Å². The number of nitro benzene ring substituents is 1. The number of aliphatic hydroxyl groups is 1. The Morgan fingerprint density at radius 3 is 2.70 bits per heavy atom. The van der Waals surface area contributed by atoms with Gasteiger partial charge < -0.3 is 20.5 Å². The number of hydrogen-bond acceptors (Lipinski definition) is 6. The van der Waals surface area contributed by atoms with Crippen LogP contribution in [-0.2, 0) is 4.74 Å². The Balaban J connectivity index is 2.11. The molecule has 0 radical (unpaired) electrons. The second-order valence-corrected chi connectivity index (χ2v) is 5.19. The van der Waals surface area contributed by atoms with E-state index in [1.165, 1.54) is 6.07 Å². The molecule has 3 N–H and O–H groups in total. The molecule has 1 saturated heterocycles. The lowest BCUT2D eigenvalue weighted by Gasteiger charge is -2.36. The third-order valence-corrected chi connectivity index (χ3v) is 3.60. The average Bonchev–Trinajstić information content (AvgIpc) is 2.38. The number of nitrogens with two attached hydrogens (primary N) is 1. The van der Waals surface area contributed by atoms with Crippen LogP contribution in [0.15, 0.2) is 18.2 Å². The van der Waals surface area contributed by atoms with Crippen LogP contribution in [0.3, 0.4) is 0 Å². The highest BCUT2D eigenvalue weighted by atomic mass is 16.6. The maximum absolute atomic E-state index is 10.7. The van der Waals surface area contributed by atoms with Crippen LogP contribution in [0.2, 0.25) is 0 Å². The van der Waals surface area contributed by atoms with Gasteiger partial charge in [0.15, 0.2) is 0 Å². The number of hydrogen-bond donors (Lipinski definition) is 2. The van der Waals surface area contributed by atoms with Crippen LogP contribution in [-0.4, -0.2) is 42.4 Å². The molecule has 0 saturated carbocycles. The van der Waals surface area contributed by atoms with Gasteiger partial charge in [-0.25, -0.2) is 0 Å². The van der Waals surface area contributed by atoms with Gasteiger partial charge in [0.05, 0.1) is 10.5 Å². The summed E-state index contributed by atoms with van der Waals surface area (Å²) in [5, 5.41) is 21.2. The van der Waals surface area contributed by atoms with Gasteiger partial charge in [0.1, 0.15) is 5.69 Å². The maximum Gasteiger partial charge on any atom is 0.292 e. The first-order chi connectivity index (χ1) is 9.41. The first-order valence-electron chi connectivity index (χ1n) is 6.46. The van der Waals surface area contributed by atoms with Gasteiger partial charge in [0.2, 0.25) is 0 Å². The molecule has 1 heterocycles. The summed E-state index contributed by atoms with van der Waals surface area (Å²) in [6.07, 6.45) is 1.17. The van der Waals surface area contributed by atoms with E-state index in [0.717, 1.165) is 5.69 Å². The molecular weight excluding hydrogens is 262 g/mol. The van der Waals surface area contributed by atoms with Crippen molar-refractivity contribution in [3.05, 3.63) is 28.3 Å². The van der Waals surface area contributed by atoms with Crippen molar-refractivity contribution in [1.82, 2.24) is 0 Å². The molecule has 0 aliphatic carbocycles. The van der Waals surface area contributed by atoms with Crippen molar-refractivity contribution in [2.75, 3.05) is 37.4 Å². The zero-order valence-electron chi connectivity index (χ0n) is 11.4. The molecule has 1 aliphatic heterocycles. The summed E-state index contributed by atoms with van der Waals surface area (Å²) in [6.45, 7) is 1.53. The second-order valence-electron chi connectivity index (χ2n) is 5.19. The van der Waals surface area contributed by atoms with Gasteiger partial charge in [-0.15, -0.1) is 0 Å². The topological polar surface area (TPSA) is 102 Å². The highest BCUT2D eigenvalue weighted by Crippen LogP contribution is 2.29. The van der Waals surface area contributed by atoms with E-state index in [1.807, 2.05) is 11.9 Å². The van der Waals surface area contributed by atoms with E-state index in [2.05, 4.69) is 0 Å². The molecule has 1 fully saturated rings. The number of nitro groups is 1. The first kappa shape index (κ1) is 14.5. The highest BCUT2D eigenvalue weighted by Gasteiger charge is 2.31. The van der Waals surface area contributed by atoms with Gasteiger partial charge in [-0.05, 0) is 12.1 Å². The van der Waals surface area contributed by atoms with Crippen molar-refractivity contribution in [2.24, 2.45) is 0 Å². The van der Waals surface area contributed by atoms with Gasteiger partial charge in [-0.1, -0.05) is 0 Å². The normalized spacial score (nSPS) is 17.7. The lowest BCUT2D eigenvalue weighted by Crippen LogP contribution is -2.45. The Labute approximate surface area is 117 Å². The van der Waals surface area contributed by atoms with Crippen LogP contribution in [0, 0.1) is 10.1 Å². The fourth-order valence-corrected chi connectivity index (χ4v) is 2.39. The van der Waals surface area contributed by atoms with E-state index in [-0.39, 0.29) is 11.4 Å². The zero-order chi connectivity index (χ0) is 14.8. The van der Waals surface area contributed by atoms with E-state index in [1.54, 1.807) is 12.1 Å². The Hall–Kier alpha value is -1.86. The van der Waals surface area contributed by atoms with Gasteiger partial charge in [-0.2, -0.15) is 0 Å². The van der Waals surface area contributed by atoms with Crippen LogP contribution in [0.5, 0.6) is 0 Å². The van der Waals surface area contributed by atoms with Crippen LogP contribution >= 0.6 is 0 Å². The van der Waals surface area contributed by atoms with Gasteiger partial charge in [-0.3, -0.25) is 10.1 Å². The van der Waals surface area contributed by atoms with E-state index >= 15 is 0 Å². The lowest BCUT2D eigenvalue weighted by molar-refractivity contribution is -0.383. The molecule has 0 amide bonds. The summed E-state index contributed by atoms with van der Waals surface area (Å²) in [5.41, 5.74) is 5.65. The molecule has 0 atom stereocenters. The summed E-state index contributed by atoms with van der Waals surface area (Å²) in [7, 11) is 1.83. The van der Waals surface area contributed by atoms with E-state index in [0.29, 0.717) is 32.6 Å². The molecule has 1 aliphatic rings. The maximum atomic E-state index is 10.7. The molecule has 20 heavy (non-hydrogen) atoms. The SMILES string of the molecule is CN(CC1(O)CCOCC1)c1ccc([N+](=O)[O-])c(N)c1. The predicted octanol–water partition coefficient (Wildman–Crippen LogP) is 1.15. The fourth-order valence-electron chi connectivity index (χ4n) is 2.39. The van der Waals surface area contributed by atoms with Crippen molar-refractivity contribution in [1.29, 1.82) is 0 Å². The Kier molecular flexibility index (Phi) is 4.10. The smallest absolute Gasteiger partial charge is 0.292 e. The molecule has 0 spiro atoms. The summed E-state index contributed by atoms with van der Waals surface area (Å²) >= 11 is 0. The van der Waals surface area contributed by atoms with Crippen LogP contribution < -0.4 is 10.6 Å². The fraction of sp³-hybridized carbons (Fsp3) is 0.538.